The van der Waals surface area contributed by atoms with Crippen LogP contribution in [0.3, 0.4) is 0 Å². The van der Waals surface area contributed by atoms with Gasteiger partial charge in [-0.1, -0.05) is 57.0 Å². The summed E-state index contributed by atoms with van der Waals surface area (Å²) in [6, 6.07) is 11.1. The lowest BCUT2D eigenvalue weighted by Gasteiger charge is -2.27. The number of likely N-dealkylation sites (N-methyl/N-ethyl adjacent to an activating group) is 1. The second-order valence-corrected chi connectivity index (χ2v) is 12.1. The molecule has 250 valence electrons. The van der Waals surface area contributed by atoms with Crippen LogP contribution in [0, 0.1) is 18.0 Å². The Hall–Kier alpha value is -4.67. The van der Waals surface area contributed by atoms with Gasteiger partial charge < -0.3 is 9.94 Å². The first-order valence-corrected chi connectivity index (χ1v) is 15.6. The third-order valence-electron chi connectivity index (χ3n) is 6.95. The third-order valence-corrected chi connectivity index (χ3v) is 8.31. The van der Waals surface area contributed by atoms with Crippen LogP contribution in [0.25, 0.3) is 16.9 Å². The number of ether oxygens (including phenoxy) is 1. The first kappa shape index (κ1) is 35.8. The Morgan fingerprint density at radius 2 is 1.72 bits per heavy atom. The fourth-order valence-corrected chi connectivity index (χ4v) is 5.24. The van der Waals surface area contributed by atoms with Crippen LogP contribution in [0.15, 0.2) is 64.8 Å². The van der Waals surface area contributed by atoms with Gasteiger partial charge in [-0.15, -0.1) is 5.01 Å². The Bertz CT molecular complexity index is 1660. The molecule has 17 heteroatoms. The van der Waals surface area contributed by atoms with Crippen LogP contribution in [0.1, 0.15) is 51.8 Å². The zero-order chi connectivity index (χ0) is 34.4. The molecule has 0 aliphatic carbocycles. The second kappa shape index (κ2) is 14.6. The number of esters is 1. The third kappa shape index (κ3) is 8.74. The number of halogens is 3. The van der Waals surface area contributed by atoms with Gasteiger partial charge in [-0.3, -0.25) is 14.4 Å². The van der Waals surface area contributed by atoms with E-state index in [9.17, 15) is 36.4 Å². The molecule has 0 radical (unpaired) electrons. The number of hydrazine groups is 1. The Morgan fingerprint density at radius 1 is 1.11 bits per heavy atom. The van der Waals surface area contributed by atoms with Gasteiger partial charge in [0.05, 0.1) is 28.3 Å². The lowest BCUT2D eigenvalue weighted by atomic mass is 9.98. The number of nitrogens with zero attached hydrogens (tertiary/aromatic N) is 5. The van der Waals surface area contributed by atoms with E-state index in [1.54, 1.807) is 45.0 Å². The summed E-state index contributed by atoms with van der Waals surface area (Å²) in [7, 11) is -3.31. The van der Waals surface area contributed by atoms with Gasteiger partial charge in [-0.2, -0.15) is 18.3 Å². The molecule has 0 bridgehead atoms. The van der Waals surface area contributed by atoms with E-state index in [4.69, 9.17) is 9.57 Å². The number of hydrogen-bond donors (Lipinski definition) is 1. The number of carbonyl (C=O) groups excluding carboxylic acids is 2. The second-order valence-electron chi connectivity index (χ2n) is 10.4. The lowest BCUT2D eigenvalue weighted by Crippen LogP contribution is -2.52. The van der Waals surface area contributed by atoms with Crippen molar-refractivity contribution < 1.29 is 45.7 Å². The minimum atomic E-state index is -4.73. The standard InChI is InChI=1S/C29H35F3N6O7S/c1-7-19(4)27(36(6)38(41)35-45-20(5)44-26(39)8-2)28(40)34-46(42,43)23-15-13-22(14-16-23)37-24(17-25(33-37)29(30,31)32)21-11-9-18(3)10-12-21/h9-17,19-20,27H,7-8H2,1-6H3,(H,34,40)/b38-35-/t19-,20?,27+/m1/s1. The molecule has 3 atom stereocenters. The Kier molecular flexibility index (Phi) is 11.4. The summed E-state index contributed by atoms with van der Waals surface area (Å²) < 4.78 is 74.9. The quantitative estimate of drug-likeness (QED) is 0.0857. The predicted octanol–water partition coefficient (Wildman–Crippen LogP) is 5.13. The van der Waals surface area contributed by atoms with Crippen molar-refractivity contribution in [1.82, 2.24) is 19.5 Å². The van der Waals surface area contributed by atoms with E-state index in [1.807, 2.05) is 11.6 Å². The highest BCUT2D eigenvalue weighted by molar-refractivity contribution is 7.90. The number of alkyl halides is 3. The SMILES string of the molecule is CCC(=O)OC(C)O/N=[N+](\[O-])N(C)[C@H](C(=O)NS(=O)(=O)c1ccc(-n2nc(C(F)(F)F)cc2-c2ccc(C)cc2)cc1)[C@H](C)CC. The zero-order valence-corrected chi connectivity index (χ0v) is 26.8. The van der Waals surface area contributed by atoms with Crippen molar-refractivity contribution in [2.45, 2.75) is 70.9 Å². The van der Waals surface area contributed by atoms with Crippen molar-refractivity contribution in [3.63, 3.8) is 0 Å². The molecule has 0 spiro atoms. The Labute approximate surface area is 264 Å². The van der Waals surface area contributed by atoms with Crippen LogP contribution in [0.5, 0.6) is 0 Å². The summed E-state index contributed by atoms with van der Waals surface area (Å²) in [4.78, 5) is 29.0. The normalized spacial score (nSPS) is 14.2. The number of nitrogens with one attached hydrogen (secondary N) is 1. The van der Waals surface area contributed by atoms with E-state index < -0.39 is 52.0 Å². The maximum atomic E-state index is 13.6. The van der Waals surface area contributed by atoms with Crippen LogP contribution in [0.4, 0.5) is 13.2 Å². The van der Waals surface area contributed by atoms with Gasteiger partial charge in [0.2, 0.25) is 5.28 Å². The number of sulfonamides is 1. The number of carbonyl (C=O) groups is 2. The number of amides is 1. The van der Waals surface area contributed by atoms with Gasteiger partial charge in [-0.05, 0) is 43.2 Å². The van der Waals surface area contributed by atoms with Gasteiger partial charge in [0.15, 0.2) is 11.7 Å². The van der Waals surface area contributed by atoms with Crippen LogP contribution in [0.2, 0.25) is 0 Å². The van der Waals surface area contributed by atoms with E-state index in [-0.39, 0.29) is 27.7 Å². The molecule has 13 nitrogen and oxygen atoms in total. The Morgan fingerprint density at radius 3 is 2.26 bits per heavy atom. The highest BCUT2D eigenvalue weighted by Gasteiger charge is 2.37. The molecular formula is C29H35F3N6O7S. The molecule has 0 aliphatic rings. The molecule has 3 rings (SSSR count). The van der Waals surface area contributed by atoms with Crippen molar-refractivity contribution in [2.75, 3.05) is 7.05 Å². The molecule has 1 heterocycles. The average molecular weight is 669 g/mol. The van der Waals surface area contributed by atoms with Gasteiger partial charge >= 0.3 is 12.1 Å². The molecule has 1 unspecified atom stereocenters. The molecule has 46 heavy (non-hydrogen) atoms. The topological polar surface area (TPSA) is 158 Å². The molecule has 0 fully saturated rings. The summed E-state index contributed by atoms with van der Waals surface area (Å²) in [6.07, 6.45) is -5.50. The molecular weight excluding hydrogens is 633 g/mol. The summed E-state index contributed by atoms with van der Waals surface area (Å²) in [6.45, 7) is 8.07. The highest BCUT2D eigenvalue weighted by Crippen LogP contribution is 2.33. The molecule has 1 amide bonds. The van der Waals surface area contributed by atoms with Crippen molar-refractivity contribution in [1.29, 1.82) is 0 Å². The minimum Gasteiger partial charge on any atom is -0.569 e. The van der Waals surface area contributed by atoms with Crippen LogP contribution >= 0.6 is 0 Å². The zero-order valence-electron chi connectivity index (χ0n) is 26.0. The predicted molar refractivity (Wildman–Crippen MR) is 158 cm³/mol. The fourth-order valence-electron chi connectivity index (χ4n) is 4.24. The summed E-state index contributed by atoms with van der Waals surface area (Å²) in [5.74, 6) is -2.19. The van der Waals surface area contributed by atoms with Gasteiger partial charge in [0, 0.05) is 18.9 Å². The molecule has 0 saturated heterocycles. The van der Waals surface area contributed by atoms with E-state index >= 15 is 0 Å². The van der Waals surface area contributed by atoms with Crippen molar-refractivity contribution >= 4 is 21.9 Å². The van der Waals surface area contributed by atoms with Crippen LogP contribution < -0.4 is 4.72 Å². The average Bonchev–Trinajstić information content (AvgIpc) is 3.46. The van der Waals surface area contributed by atoms with Crippen molar-refractivity contribution in [3.8, 4) is 16.9 Å². The fraction of sp³-hybridized carbons (Fsp3) is 0.414. The molecule has 2 aromatic carbocycles. The highest BCUT2D eigenvalue weighted by atomic mass is 32.2. The molecule has 0 saturated carbocycles. The van der Waals surface area contributed by atoms with Crippen molar-refractivity contribution in [2.24, 2.45) is 11.2 Å². The van der Waals surface area contributed by atoms with Crippen LogP contribution in [-0.4, -0.2) is 59.4 Å². The van der Waals surface area contributed by atoms with E-state index in [2.05, 4.69) is 10.4 Å². The molecule has 1 N–H and O–H groups in total. The first-order valence-electron chi connectivity index (χ1n) is 14.2. The maximum Gasteiger partial charge on any atom is 0.435 e. The number of aromatic nitrogens is 2. The van der Waals surface area contributed by atoms with Crippen molar-refractivity contribution in [3.05, 3.63) is 71.1 Å². The number of rotatable bonds is 13. The smallest absolute Gasteiger partial charge is 0.435 e. The van der Waals surface area contributed by atoms with Crippen LogP contribution in [-0.2, 0) is 35.4 Å². The molecule has 0 aliphatic heterocycles. The summed E-state index contributed by atoms with van der Waals surface area (Å²) in [5, 5.41) is 20.4. The molecule has 1 aromatic heterocycles. The van der Waals surface area contributed by atoms with E-state index in [1.165, 1.54) is 26.1 Å². The van der Waals surface area contributed by atoms with E-state index in [0.717, 1.165) is 33.5 Å². The number of benzene rings is 2. The van der Waals surface area contributed by atoms with Gasteiger partial charge in [0.1, 0.15) is 0 Å². The summed E-state index contributed by atoms with van der Waals surface area (Å²) in [5.41, 5.74) is 0.493. The van der Waals surface area contributed by atoms with E-state index in [0.29, 0.717) is 12.0 Å². The maximum absolute atomic E-state index is 13.6. The summed E-state index contributed by atoms with van der Waals surface area (Å²) >= 11 is 0. The van der Waals surface area contributed by atoms with Gasteiger partial charge in [-0.25, -0.2) is 17.8 Å². The Balaban J connectivity index is 1.86. The minimum absolute atomic E-state index is 0.0683. The number of aryl methyl sites for hydroxylation is 1. The first-order chi connectivity index (χ1) is 21.5. The lowest BCUT2D eigenvalue weighted by molar-refractivity contribution is -0.713. The van der Waals surface area contributed by atoms with Gasteiger partial charge in [0.25, 0.3) is 22.2 Å². The number of hydrogen-bond acceptors (Lipinski definition) is 9. The monoisotopic (exact) mass is 668 g/mol. The largest absolute Gasteiger partial charge is 0.569 e. The molecule has 3 aromatic rings.